The highest BCUT2D eigenvalue weighted by Crippen LogP contribution is 2.26. The first-order valence-electron chi connectivity index (χ1n) is 6.45. The summed E-state index contributed by atoms with van der Waals surface area (Å²) >= 11 is 0. The van der Waals surface area contributed by atoms with Crippen molar-refractivity contribution in [2.75, 3.05) is 13.7 Å². The Kier molecular flexibility index (Phi) is 4.99. The molecule has 0 saturated heterocycles. The van der Waals surface area contributed by atoms with Crippen LogP contribution in [0.4, 0.5) is 4.79 Å². The Hall–Kier alpha value is -1.76. The molecule has 20 heavy (non-hydrogen) atoms. The standard InChI is InChI=1S/C13H24N4O3/c1-8-10(11(19-6)17(5)16-8)9(14)7-15-12(18)20-13(2,3)4/h9H,7,14H2,1-6H3,(H,15,18). The lowest BCUT2D eigenvalue weighted by molar-refractivity contribution is 0.0524. The second-order valence-electron chi connectivity index (χ2n) is 5.62. The van der Waals surface area contributed by atoms with E-state index >= 15 is 0 Å². The predicted octanol–water partition coefficient (Wildman–Crippen LogP) is 1.26. The third-order valence-corrected chi connectivity index (χ3v) is 2.64. The summed E-state index contributed by atoms with van der Waals surface area (Å²) in [5.41, 5.74) is 7.13. The van der Waals surface area contributed by atoms with Gasteiger partial charge in [-0.15, -0.1) is 0 Å². The van der Waals surface area contributed by atoms with E-state index in [1.165, 1.54) is 0 Å². The lowest BCUT2D eigenvalue weighted by Gasteiger charge is -2.21. The van der Waals surface area contributed by atoms with Crippen LogP contribution in [0.2, 0.25) is 0 Å². The Bertz CT molecular complexity index is 477. The summed E-state index contributed by atoms with van der Waals surface area (Å²) in [5, 5.41) is 6.90. The number of hydrogen-bond donors (Lipinski definition) is 2. The summed E-state index contributed by atoms with van der Waals surface area (Å²) in [6, 6.07) is -0.411. The largest absolute Gasteiger partial charge is 0.481 e. The highest BCUT2D eigenvalue weighted by molar-refractivity contribution is 5.67. The van der Waals surface area contributed by atoms with Crippen molar-refractivity contribution in [2.24, 2.45) is 12.8 Å². The van der Waals surface area contributed by atoms with E-state index in [1.807, 2.05) is 6.92 Å². The van der Waals surface area contributed by atoms with Crippen molar-refractivity contribution in [1.82, 2.24) is 15.1 Å². The number of carbonyl (C=O) groups excluding carboxylic acids is 1. The summed E-state index contributed by atoms with van der Waals surface area (Å²) in [4.78, 5) is 11.6. The van der Waals surface area contributed by atoms with Crippen LogP contribution < -0.4 is 15.8 Å². The molecule has 0 aliphatic carbocycles. The molecule has 0 spiro atoms. The van der Waals surface area contributed by atoms with Crippen LogP contribution in [0.15, 0.2) is 0 Å². The van der Waals surface area contributed by atoms with Gasteiger partial charge < -0.3 is 20.5 Å². The number of nitrogens with two attached hydrogens (primary N) is 1. The van der Waals surface area contributed by atoms with Gasteiger partial charge in [0.25, 0.3) is 0 Å². The van der Waals surface area contributed by atoms with E-state index in [2.05, 4.69) is 10.4 Å². The first-order chi connectivity index (χ1) is 9.15. The van der Waals surface area contributed by atoms with E-state index in [9.17, 15) is 4.79 Å². The molecule has 1 amide bonds. The van der Waals surface area contributed by atoms with Gasteiger partial charge in [-0.25, -0.2) is 9.48 Å². The predicted molar refractivity (Wildman–Crippen MR) is 75.7 cm³/mol. The first-order valence-corrected chi connectivity index (χ1v) is 6.45. The Labute approximate surface area is 119 Å². The molecule has 114 valence electrons. The molecule has 0 aliphatic rings. The Balaban J connectivity index is 2.68. The van der Waals surface area contributed by atoms with Gasteiger partial charge in [-0.1, -0.05) is 0 Å². The molecular weight excluding hydrogens is 260 g/mol. The Morgan fingerprint density at radius 2 is 2.10 bits per heavy atom. The molecule has 1 aromatic heterocycles. The van der Waals surface area contributed by atoms with Crippen LogP contribution in [0, 0.1) is 6.92 Å². The maximum absolute atomic E-state index is 11.6. The monoisotopic (exact) mass is 284 g/mol. The number of amides is 1. The zero-order valence-electron chi connectivity index (χ0n) is 13.0. The normalized spacial score (nSPS) is 12.9. The van der Waals surface area contributed by atoms with Crippen LogP contribution in [0.5, 0.6) is 5.88 Å². The first kappa shape index (κ1) is 16.3. The number of hydrogen-bond acceptors (Lipinski definition) is 5. The third kappa shape index (κ3) is 4.12. The van der Waals surface area contributed by atoms with Crippen molar-refractivity contribution >= 4 is 6.09 Å². The topological polar surface area (TPSA) is 91.4 Å². The van der Waals surface area contributed by atoms with Crippen molar-refractivity contribution in [2.45, 2.75) is 39.3 Å². The molecular formula is C13H24N4O3. The minimum atomic E-state index is -0.532. The van der Waals surface area contributed by atoms with Gasteiger partial charge in [-0.2, -0.15) is 5.10 Å². The van der Waals surface area contributed by atoms with Crippen molar-refractivity contribution in [3.63, 3.8) is 0 Å². The third-order valence-electron chi connectivity index (χ3n) is 2.64. The Morgan fingerprint density at radius 1 is 1.50 bits per heavy atom. The van der Waals surface area contributed by atoms with Gasteiger partial charge in [0, 0.05) is 13.6 Å². The van der Waals surface area contributed by atoms with Crippen LogP contribution in [-0.2, 0) is 11.8 Å². The highest BCUT2D eigenvalue weighted by atomic mass is 16.6. The molecule has 7 heteroatoms. The molecule has 0 bridgehead atoms. The minimum Gasteiger partial charge on any atom is -0.481 e. The lowest BCUT2D eigenvalue weighted by Crippen LogP contribution is -2.36. The molecule has 1 unspecified atom stereocenters. The van der Waals surface area contributed by atoms with Crippen LogP contribution in [0.1, 0.15) is 38.1 Å². The molecule has 7 nitrogen and oxygen atoms in total. The van der Waals surface area contributed by atoms with E-state index < -0.39 is 17.7 Å². The number of alkyl carbamates (subject to hydrolysis) is 1. The molecule has 0 radical (unpaired) electrons. The van der Waals surface area contributed by atoms with Gasteiger partial charge in [0.1, 0.15) is 5.60 Å². The van der Waals surface area contributed by atoms with Crippen molar-refractivity contribution in [1.29, 1.82) is 0 Å². The van der Waals surface area contributed by atoms with Crippen LogP contribution in [0.25, 0.3) is 0 Å². The fourth-order valence-electron chi connectivity index (χ4n) is 1.93. The minimum absolute atomic E-state index is 0.248. The molecule has 1 rings (SSSR count). The van der Waals surface area contributed by atoms with Crippen LogP contribution in [0.3, 0.4) is 0 Å². The molecule has 0 saturated carbocycles. The molecule has 0 aliphatic heterocycles. The zero-order valence-corrected chi connectivity index (χ0v) is 13.0. The van der Waals surface area contributed by atoms with E-state index in [0.29, 0.717) is 5.88 Å². The number of aromatic nitrogens is 2. The summed E-state index contributed by atoms with van der Waals surface area (Å²) in [6.07, 6.45) is -0.492. The number of aryl methyl sites for hydroxylation is 2. The molecule has 1 heterocycles. The number of rotatable bonds is 4. The molecule has 3 N–H and O–H groups in total. The van der Waals surface area contributed by atoms with Gasteiger partial charge in [0.15, 0.2) is 0 Å². The second kappa shape index (κ2) is 6.13. The van der Waals surface area contributed by atoms with Crippen molar-refractivity contribution < 1.29 is 14.3 Å². The number of methoxy groups -OCH3 is 1. The van der Waals surface area contributed by atoms with E-state index in [-0.39, 0.29) is 6.54 Å². The fourth-order valence-corrected chi connectivity index (χ4v) is 1.93. The smallest absolute Gasteiger partial charge is 0.407 e. The zero-order chi connectivity index (χ0) is 15.5. The van der Waals surface area contributed by atoms with Gasteiger partial charge in [0.2, 0.25) is 5.88 Å². The van der Waals surface area contributed by atoms with Crippen LogP contribution in [-0.4, -0.2) is 35.1 Å². The molecule has 0 fully saturated rings. The highest BCUT2D eigenvalue weighted by Gasteiger charge is 2.22. The molecule has 1 aromatic rings. The second-order valence-corrected chi connectivity index (χ2v) is 5.62. The van der Waals surface area contributed by atoms with Gasteiger partial charge in [0.05, 0.1) is 24.4 Å². The SMILES string of the molecule is COc1c(C(N)CNC(=O)OC(C)(C)C)c(C)nn1C. The van der Waals surface area contributed by atoms with Gasteiger partial charge in [-0.3, -0.25) is 0 Å². The quantitative estimate of drug-likeness (QED) is 0.868. The lowest BCUT2D eigenvalue weighted by atomic mass is 10.1. The fraction of sp³-hybridized carbons (Fsp3) is 0.692. The van der Waals surface area contributed by atoms with E-state index in [4.69, 9.17) is 15.2 Å². The van der Waals surface area contributed by atoms with Crippen molar-refractivity contribution in [3.05, 3.63) is 11.3 Å². The summed E-state index contributed by atoms with van der Waals surface area (Å²) in [6.45, 7) is 7.52. The Morgan fingerprint density at radius 3 is 2.60 bits per heavy atom. The average Bonchev–Trinajstić information content (AvgIpc) is 2.58. The summed E-state index contributed by atoms with van der Waals surface area (Å²) in [7, 11) is 3.34. The number of carbonyl (C=O) groups is 1. The summed E-state index contributed by atoms with van der Waals surface area (Å²) < 4.78 is 12.1. The van der Waals surface area contributed by atoms with Crippen LogP contribution >= 0.6 is 0 Å². The number of nitrogens with zero attached hydrogens (tertiary/aromatic N) is 2. The van der Waals surface area contributed by atoms with Crippen molar-refractivity contribution in [3.8, 4) is 5.88 Å². The maximum Gasteiger partial charge on any atom is 0.407 e. The van der Waals surface area contributed by atoms with E-state index in [0.717, 1.165) is 11.3 Å². The molecule has 0 aromatic carbocycles. The maximum atomic E-state index is 11.6. The summed E-state index contributed by atoms with van der Waals surface area (Å²) in [5.74, 6) is 0.598. The molecule has 1 atom stereocenters. The van der Waals surface area contributed by atoms with Gasteiger partial charge in [-0.05, 0) is 27.7 Å². The number of nitrogens with one attached hydrogen (secondary N) is 1. The number of ether oxygens (including phenoxy) is 2. The van der Waals surface area contributed by atoms with Gasteiger partial charge >= 0.3 is 6.09 Å². The van der Waals surface area contributed by atoms with E-state index in [1.54, 1.807) is 39.6 Å². The average molecular weight is 284 g/mol.